The Labute approximate surface area is 129 Å². The molecule has 2 rings (SSSR count). The lowest BCUT2D eigenvalue weighted by atomic mass is 10.2. The van der Waals surface area contributed by atoms with Crippen molar-refractivity contribution in [1.29, 1.82) is 0 Å². The molecule has 0 bridgehead atoms. The molecule has 0 saturated heterocycles. The number of aryl methyl sites for hydroxylation is 1. The van der Waals surface area contributed by atoms with Gasteiger partial charge in [0.1, 0.15) is 4.90 Å². The summed E-state index contributed by atoms with van der Waals surface area (Å²) in [5.41, 5.74) is 1.04. The molecule has 0 aliphatic heterocycles. The molecule has 20 heavy (non-hydrogen) atoms. The van der Waals surface area contributed by atoms with Crippen LogP contribution in [0.3, 0.4) is 0 Å². The van der Waals surface area contributed by atoms with Gasteiger partial charge in [0.2, 0.25) is 0 Å². The summed E-state index contributed by atoms with van der Waals surface area (Å²) in [5, 5.41) is 0.544. The third-order valence-electron chi connectivity index (χ3n) is 3.48. The first-order chi connectivity index (χ1) is 9.33. The second-order valence-electron chi connectivity index (χ2n) is 5.05. The van der Waals surface area contributed by atoms with E-state index in [1.54, 1.807) is 19.9 Å². The van der Waals surface area contributed by atoms with Crippen LogP contribution in [0.4, 0.5) is 0 Å². The van der Waals surface area contributed by atoms with E-state index in [1.807, 2.05) is 0 Å². The molecule has 0 aromatic heterocycles. The van der Waals surface area contributed by atoms with Crippen LogP contribution in [0.15, 0.2) is 11.0 Å². The van der Waals surface area contributed by atoms with E-state index in [4.69, 9.17) is 28.0 Å². The molecular formula is C13H17Cl2NO3S. The highest BCUT2D eigenvalue weighted by Crippen LogP contribution is 2.33. The van der Waals surface area contributed by atoms with Crippen LogP contribution in [0.25, 0.3) is 0 Å². The van der Waals surface area contributed by atoms with E-state index in [-0.39, 0.29) is 16.0 Å². The van der Waals surface area contributed by atoms with Crippen LogP contribution in [0.2, 0.25) is 10.0 Å². The monoisotopic (exact) mass is 337 g/mol. The van der Waals surface area contributed by atoms with Crippen molar-refractivity contribution in [2.45, 2.75) is 50.5 Å². The summed E-state index contributed by atoms with van der Waals surface area (Å²) < 4.78 is 24.7. The number of benzene rings is 1. The Kier molecular flexibility index (Phi) is 4.97. The van der Waals surface area contributed by atoms with E-state index in [0.29, 0.717) is 16.1 Å². The Morgan fingerprint density at radius 3 is 2.45 bits per heavy atom. The topological polar surface area (TPSA) is 55.4 Å². The van der Waals surface area contributed by atoms with Crippen molar-refractivity contribution in [2.75, 3.05) is 0 Å². The molecule has 0 unspecified atom stereocenters. The Hall–Kier alpha value is -0.330. The Morgan fingerprint density at radius 2 is 1.85 bits per heavy atom. The van der Waals surface area contributed by atoms with Gasteiger partial charge in [-0.1, -0.05) is 40.9 Å². The zero-order valence-electron chi connectivity index (χ0n) is 11.4. The van der Waals surface area contributed by atoms with E-state index in [1.165, 1.54) is 0 Å². The molecule has 0 atom stereocenters. The minimum absolute atomic E-state index is 0.0119. The zero-order valence-corrected chi connectivity index (χ0v) is 13.7. The highest BCUT2D eigenvalue weighted by molar-refractivity contribution is 7.89. The van der Waals surface area contributed by atoms with Crippen LogP contribution in [-0.4, -0.2) is 14.5 Å². The van der Waals surface area contributed by atoms with Crippen molar-refractivity contribution in [3.8, 4) is 0 Å². The van der Waals surface area contributed by atoms with Gasteiger partial charge in [0.15, 0.2) is 0 Å². The van der Waals surface area contributed by atoms with Gasteiger partial charge in [-0.2, -0.15) is 0 Å². The number of sulfonamides is 1. The van der Waals surface area contributed by atoms with Crippen molar-refractivity contribution in [1.82, 2.24) is 4.89 Å². The van der Waals surface area contributed by atoms with Crippen LogP contribution in [0.5, 0.6) is 0 Å². The molecule has 0 heterocycles. The lowest BCUT2D eigenvalue weighted by Crippen LogP contribution is -2.29. The van der Waals surface area contributed by atoms with Gasteiger partial charge in [-0.25, -0.2) is 8.42 Å². The minimum atomic E-state index is -3.84. The maximum absolute atomic E-state index is 12.4. The molecule has 1 fully saturated rings. The summed E-state index contributed by atoms with van der Waals surface area (Å²) in [6.45, 7) is 3.34. The molecule has 1 aliphatic rings. The molecule has 0 radical (unpaired) electrons. The molecule has 1 aromatic carbocycles. The number of nitrogens with one attached hydrogen (secondary N) is 1. The second-order valence-corrected chi connectivity index (χ2v) is 7.42. The summed E-state index contributed by atoms with van der Waals surface area (Å²) in [6, 6.07) is 1.65. The van der Waals surface area contributed by atoms with Crippen molar-refractivity contribution >= 4 is 33.2 Å². The fourth-order valence-electron chi connectivity index (χ4n) is 2.31. The first kappa shape index (κ1) is 16.0. The molecule has 1 saturated carbocycles. The molecule has 1 aromatic rings. The average Bonchev–Trinajstić information content (AvgIpc) is 2.87. The van der Waals surface area contributed by atoms with Gasteiger partial charge in [0.25, 0.3) is 10.0 Å². The van der Waals surface area contributed by atoms with Crippen molar-refractivity contribution < 1.29 is 13.3 Å². The first-order valence-electron chi connectivity index (χ1n) is 6.45. The van der Waals surface area contributed by atoms with Crippen molar-refractivity contribution in [3.05, 3.63) is 27.2 Å². The standard InChI is InChI=1S/C13H17Cl2NO3S/c1-8-7-11(14)9(2)13(12(8)15)20(17,18)16-19-10-5-3-4-6-10/h7,10,16H,3-6H2,1-2H3. The summed E-state index contributed by atoms with van der Waals surface area (Å²) in [5.74, 6) is 0. The largest absolute Gasteiger partial charge is 0.284 e. The highest BCUT2D eigenvalue weighted by atomic mass is 35.5. The zero-order chi connectivity index (χ0) is 14.9. The molecule has 0 amide bonds. The molecule has 0 spiro atoms. The summed E-state index contributed by atoms with van der Waals surface area (Å²) >= 11 is 12.1. The van der Waals surface area contributed by atoms with E-state index in [2.05, 4.69) is 4.89 Å². The predicted octanol–water partition coefficient (Wildman–Crippen LogP) is 3.76. The summed E-state index contributed by atoms with van der Waals surface area (Å²) in [4.78, 5) is 7.44. The normalized spacial score (nSPS) is 16.8. The highest BCUT2D eigenvalue weighted by Gasteiger charge is 2.26. The van der Waals surface area contributed by atoms with Gasteiger partial charge in [0, 0.05) is 5.02 Å². The minimum Gasteiger partial charge on any atom is -0.284 e. The fourth-order valence-corrected chi connectivity index (χ4v) is 4.38. The Balaban J connectivity index is 2.29. The van der Waals surface area contributed by atoms with Crippen molar-refractivity contribution in [2.24, 2.45) is 0 Å². The van der Waals surface area contributed by atoms with E-state index < -0.39 is 10.0 Å². The Bertz CT molecular complexity index is 584. The third kappa shape index (κ3) is 3.28. The predicted molar refractivity (Wildman–Crippen MR) is 79.6 cm³/mol. The van der Waals surface area contributed by atoms with Gasteiger partial charge >= 0.3 is 0 Å². The quantitative estimate of drug-likeness (QED) is 0.851. The lowest BCUT2D eigenvalue weighted by Gasteiger charge is -2.16. The van der Waals surface area contributed by atoms with E-state index >= 15 is 0 Å². The van der Waals surface area contributed by atoms with E-state index in [0.717, 1.165) is 25.7 Å². The number of hydrogen-bond acceptors (Lipinski definition) is 3. The van der Waals surface area contributed by atoms with Crippen LogP contribution < -0.4 is 4.89 Å². The van der Waals surface area contributed by atoms with Crippen molar-refractivity contribution in [3.63, 3.8) is 0 Å². The fraction of sp³-hybridized carbons (Fsp3) is 0.538. The number of hydrogen-bond donors (Lipinski definition) is 1. The summed E-state index contributed by atoms with van der Waals surface area (Å²) in [6.07, 6.45) is 3.78. The van der Waals surface area contributed by atoms with Gasteiger partial charge in [0.05, 0.1) is 11.1 Å². The maximum atomic E-state index is 12.4. The molecule has 112 valence electrons. The molecule has 4 nitrogen and oxygen atoms in total. The van der Waals surface area contributed by atoms with Gasteiger partial charge in [-0.3, -0.25) is 4.84 Å². The van der Waals surface area contributed by atoms with E-state index in [9.17, 15) is 8.42 Å². The van der Waals surface area contributed by atoms with Crippen LogP contribution in [0.1, 0.15) is 36.8 Å². The third-order valence-corrected chi connectivity index (χ3v) is 5.84. The van der Waals surface area contributed by atoms with Crippen LogP contribution >= 0.6 is 23.2 Å². The van der Waals surface area contributed by atoms with Gasteiger partial charge in [-0.15, -0.1) is 0 Å². The van der Waals surface area contributed by atoms with Crippen LogP contribution in [0, 0.1) is 13.8 Å². The van der Waals surface area contributed by atoms with Gasteiger partial charge < -0.3 is 0 Å². The SMILES string of the molecule is Cc1cc(Cl)c(C)c(S(=O)(=O)NOC2CCCC2)c1Cl. The first-order valence-corrected chi connectivity index (χ1v) is 8.69. The smallest absolute Gasteiger partial charge is 0.264 e. The number of halogens is 2. The maximum Gasteiger partial charge on any atom is 0.264 e. The lowest BCUT2D eigenvalue weighted by molar-refractivity contribution is 0.0223. The van der Waals surface area contributed by atoms with Gasteiger partial charge in [-0.05, 0) is 43.9 Å². The Morgan fingerprint density at radius 1 is 1.25 bits per heavy atom. The molecular weight excluding hydrogens is 321 g/mol. The second kappa shape index (κ2) is 6.20. The molecule has 1 N–H and O–H groups in total. The summed E-state index contributed by atoms with van der Waals surface area (Å²) in [7, 11) is -3.84. The average molecular weight is 338 g/mol. The van der Waals surface area contributed by atoms with Crippen LogP contribution in [-0.2, 0) is 14.9 Å². The number of rotatable bonds is 4. The molecule has 7 heteroatoms. The molecule has 1 aliphatic carbocycles.